The molecule has 3 rings (SSSR count). The lowest BCUT2D eigenvalue weighted by Crippen LogP contribution is -2.13. The minimum Gasteiger partial charge on any atom is -0.495 e. The predicted octanol–water partition coefficient (Wildman–Crippen LogP) is 4.93. The lowest BCUT2D eigenvalue weighted by atomic mass is 10.1. The first kappa shape index (κ1) is 19.2. The average Bonchev–Trinajstić information content (AvgIpc) is 3.10. The summed E-state index contributed by atoms with van der Waals surface area (Å²) in [6.07, 6.45) is 0. The molecule has 0 radical (unpaired) electrons. The SMILES string of the molecule is COc1ccccc1Nc1nnc(S[C@H](C)C(=O)c2ccc(F)c(F)c2)s1. The number of rotatable bonds is 7. The molecular formula is C18H15F2N3O2S2. The molecule has 1 atom stereocenters. The third-order valence-electron chi connectivity index (χ3n) is 3.61. The van der Waals surface area contributed by atoms with Gasteiger partial charge in [0, 0.05) is 5.56 Å². The highest BCUT2D eigenvalue weighted by atomic mass is 32.2. The average molecular weight is 407 g/mol. The number of aromatic nitrogens is 2. The number of carbonyl (C=O) groups excluding carboxylic acids is 1. The molecule has 0 bridgehead atoms. The summed E-state index contributed by atoms with van der Waals surface area (Å²) >= 11 is 2.49. The Bertz CT molecular complexity index is 965. The number of benzene rings is 2. The summed E-state index contributed by atoms with van der Waals surface area (Å²) in [6.45, 7) is 1.68. The molecule has 1 N–H and O–H groups in total. The molecule has 140 valence electrons. The van der Waals surface area contributed by atoms with Gasteiger partial charge in [-0.15, -0.1) is 10.2 Å². The maximum atomic E-state index is 13.3. The van der Waals surface area contributed by atoms with Crippen molar-refractivity contribution >= 4 is 39.7 Å². The zero-order valence-corrected chi connectivity index (χ0v) is 16.0. The number of nitrogens with zero attached hydrogens (tertiary/aromatic N) is 2. The number of Topliss-reactive ketones (excluding diaryl/α,β-unsaturated/α-hetero) is 1. The quantitative estimate of drug-likeness (QED) is 0.442. The molecule has 0 spiro atoms. The normalized spacial score (nSPS) is 11.9. The van der Waals surface area contributed by atoms with Crippen molar-refractivity contribution in [2.45, 2.75) is 16.5 Å². The zero-order valence-electron chi connectivity index (χ0n) is 14.4. The second-order valence-corrected chi connectivity index (χ2v) is 8.02. The number of halogens is 2. The van der Waals surface area contributed by atoms with Crippen molar-refractivity contribution in [2.24, 2.45) is 0 Å². The fourth-order valence-corrected chi connectivity index (χ4v) is 4.25. The van der Waals surface area contributed by atoms with Gasteiger partial charge in [-0.05, 0) is 37.3 Å². The van der Waals surface area contributed by atoms with Crippen LogP contribution in [0.5, 0.6) is 5.75 Å². The number of anilines is 2. The monoisotopic (exact) mass is 407 g/mol. The van der Waals surface area contributed by atoms with E-state index in [2.05, 4.69) is 15.5 Å². The molecule has 3 aromatic rings. The second kappa shape index (κ2) is 8.45. The first-order valence-corrected chi connectivity index (χ1v) is 9.57. The molecule has 5 nitrogen and oxygen atoms in total. The molecule has 0 aliphatic rings. The van der Waals surface area contributed by atoms with Gasteiger partial charge in [0.2, 0.25) is 5.13 Å². The lowest BCUT2D eigenvalue weighted by molar-refractivity contribution is 0.0993. The Kier molecular flexibility index (Phi) is 6.02. The molecule has 1 aromatic heterocycles. The Balaban J connectivity index is 1.67. The van der Waals surface area contributed by atoms with Crippen LogP contribution < -0.4 is 10.1 Å². The number of ketones is 1. The summed E-state index contributed by atoms with van der Waals surface area (Å²) < 4.78 is 32.2. The van der Waals surface area contributed by atoms with E-state index >= 15 is 0 Å². The van der Waals surface area contributed by atoms with Crippen LogP contribution in [0.2, 0.25) is 0 Å². The molecule has 27 heavy (non-hydrogen) atoms. The number of hydrogen-bond acceptors (Lipinski definition) is 7. The molecule has 9 heteroatoms. The first-order chi connectivity index (χ1) is 13.0. The minimum absolute atomic E-state index is 0.116. The zero-order chi connectivity index (χ0) is 19.4. The van der Waals surface area contributed by atoms with Crippen molar-refractivity contribution in [3.63, 3.8) is 0 Å². The summed E-state index contributed by atoms with van der Waals surface area (Å²) in [5, 5.41) is 11.3. The standard InChI is InChI=1S/C18H15F2N3O2S2/c1-10(16(24)11-7-8-12(19)13(20)9-11)26-18-23-22-17(27-18)21-14-5-3-4-6-15(14)25-2/h3-10H,1-2H3,(H,21,22)/t10-/m1/s1. The van der Waals surface area contributed by atoms with Crippen molar-refractivity contribution < 1.29 is 18.3 Å². The maximum Gasteiger partial charge on any atom is 0.210 e. The largest absolute Gasteiger partial charge is 0.495 e. The highest BCUT2D eigenvalue weighted by Crippen LogP contribution is 2.33. The van der Waals surface area contributed by atoms with E-state index in [9.17, 15) is 13.6 Å². The van der Waals surface area contributed by atoms with Crippen molar-refractivity contribution in [2.75, 3.05) is 12.4 Å². The van der Waals surface area contributed by atoms with Gasteiger partial charge in [0.15, 0.2) is 21.8 Å². The summed E-state index contributed by atoms with van der Waals surface area (Å²) in [5.74, 6) is -1.67. The Hall–Kier alpha value is -2.52. The van der Waals surface area contributed by atoms with Gasteiger partial charge >= 0.3 is 0 Å². The third-order valence-corrected chi connectivity index (χ3v) is 5.63. The van der Waals surface area contributed by atoms with Crippen LogP contribution in [-0.2, 0) is 0 Å². The van der Waals surface area contributed by atoms with Gasteiger partial charge in [-0.1, -0.05) is 35.2 Å². The van der Waals surface area contributed by atoms with Crippen molar-refractivity contribution in [1.29, 1.82) is 0 Å². The van der Waals surface area contributed by atoms with Crippen LogP contribution in [0.4, 0.5) is 19.6 Å². The van der Waals surface area contributed by atoms with Gasteiger partial charge in [0.25, 0.3) is 0 Å². The predicted molar refractivity (Wildman–Crippen MR) is 102 cm³/mol. The number of nitrogens with one attached hydrogen (secondary N) is 1. The van der Waals surface area contributed by atoms with E-state index in [-0.39, 0.29) is 11.3 Å². The number of para-hydroxylation sites is 2. The highest BCUT2D eigenvalue weighted by Gasteiger charge is 2.20. The molecule has 2 aromatic carbocycles. The van der Waals surface area contributed by atoms with Crippen LogP contribution in [0.25, 0.3) is 0 Å². The van der Waals surface area contributed by atoms with Gasteiger partial charge < -0.3 is 10.1 Å². The molecule has 1 heterocycles. The third kappa shape index (κ3) is 4.61. The Labute approximate surface area is 162 Å². The Morgan fingerprint density at radius 2 is 1.96 bits per heavy atom. The lowest BCUT2D eigenvalue weighted by Gasteiger charge is -2.08. The fraction of sp³-hybridized carbons (Fsp3) is 0.167. The van der Waals surface area contributed by atoms with Gasteiger partial charge in [0.1, 0.15) is 5.75 Å². The van der Waals surface area contributed by atoms with E-state index in [4.69, 9.17) is 4.74 Å². The van der Waals surface area contributed by atoms with Gasteiger partial charge in [-0.2, -0.15) is 0 Å². The number of hydrogen-bond donors (Lipinski definition) is 1. The number of methoxy groups -OCH3 is 1. The molecule has 0 amide bonds. The summed E-state index contributed by atoms with van der Waals surface area (Å²) in [5.41, 5.74) is 0.865. The van der Waals surface area contributed by atoms with Crippen molar-refractivity contribution in [3.8, 4) is 5.75 Å². The van der Waals surface area contributed by atoms with Gasteiger partial charge in [-0.25, -0.2) is 8.78 Å². The highest BCUT2D eigenvalue weighted by molar-refractivity contribution is 8.02. The minimum atomic E-state index is -1.04. The van der Waals surface area contributed by atoms with Crippen LogP contribution in [0.15, 0.2) is 46.8 Å². The molecule has 0 saturated heterocycles. The van der Waals surface area contributed by atoms with Crippen LogP contribution in [-0.4, -0.2) is 28.3 Å². The maximum absolute atomic E-state index is 13.3. The first-order valence-electron chi connectivity index (χ1n) is 7.87. The summed E-state index contributed by atoms with van der Waals surface area (Å²) in [4.78, 5) is 12.4. The van der Waals surface area contributed by atoms with Crippen LogP contribution >= 0.6 is 23.1 Å². The van der Waals surface area contributed by atoms with E-state index in [1.165, 1.54) is 29.2 Å². The van der Waals surface area contributed by atoms with E-state index in [0.29, 0.717) is 15.2 Å². The smallest absolute Gasteiger partial charge is 0.210 e. The number of carbonyl (C=O) groups is 1. The summed E-state index contributed by atoms with van der Waals surface area (Å²) in [7, 11) is 1.58. The van der Waals surface area contributed by atoms with Gasteiger partial charge in [0.05, 0.1) is 18.0 Å². The van der Waals surface area contributed by atoms with Gasteiger partial charge in [-0.3, -0.25) is 4.79 Å². The van der Waals surface area contributed by atoms with E-state index in [1.807, 2.05) is 24.3 Å². The van der Waals surface area contributed by atoms with Crippen LogP contribution in [0.3, 0.4) is 0 Å². The molecule has 0 unspecified atom stereocenters. The molecule has 0 saturated carbocycles. The fourth-order valence-electron chi connectivity index (χ4n) is 2.26. The van der Waals surface area contributed by atoms with Crippen LogP contribution in [0, 0.1) is 11.6 Å². The summed E-state index contributed by atoms with van der Waals surface area (Å²) in [6, 6.07) is 10.5. The van der Waals surface area contributed by atoms with Crippen molar-refractivity contribution in [3.05, 3.63) is 59.7 Å². The van der Waals surface area contributed by atoms with E-state index in [1.54, 1.807) is 14.0 Å². The van der Waals surface area contributed by atoms with E-state index < -0.39 is 16.9 Å². The molecular weight excluding hydrogens is 392 g/mol. The second-order valence-electron chi connectivity index (χ2n) is 5.45. The van der Waals surface area contributed by atoms with E-state index in [0.717, 1.165) is 17.8 Å². The van der Waals surface area contributed by atoms with Crippen molar-refractivity contribution in [1.82, 2.24) is 10.2 Å². The topological polar surface area (TPSA) is 64.1 Å². The Morgan fingerprint density at radius 1 is 1.19 bits per heavy atom. The Morgan fingerprint density at radius 3 is 2.70 bits per heavy atom. The number of thioether (sulfide) groups is 1. The molecule has 0 aliphatic heterocycles. The van der Waals surface area contributed by atoms with Crippen LogP contribution in [0.1, 0.15) is 17.3 Å². The molecule has 0 aliphatic carbocycles. The number of ether oxygens (including phenoxy) is 1. The molecule has 0 fully saturated rings.